The van der Waals surface area contributed by atoms with Crippen molar-refractivity contribution in [3.8, 4) is 0 Å². The van der Waals surface area contributed by atoms with Gasteiger partial charge in [0.1, 0.15) is 20.8 Å². The molecule has 0 aliphatic rings. The minimum Gasteiger partial charge on any atom is -1.00 e. The Labute approximate surface area is 64.1 Å². The average Bonchev–Trinajstić information content (AvgIpc) is 0.811. The van der Waals surface area contributed by atoms with E-state index in [4.69, 9.17) is 0 Å². The van der Waals surface area contributed by atoms with Gasteiger partial charge in [-0.2, -0.15) is 0 Å². The van der Waals surface area contributed by atoms with Crippen LogP contribution in [0.1, 0.15) is 7.43 Å². The Morgan fingerprint density at radius 3 is 1.29 bits per heavy atom. The molecule has 0 aromatic heterocycles. The normalized spacial score (nSPS) is 3.71. The molecule has 0 aliphatic heterocycles. The molecule has 0 heterocycles. The molecular formula is C4H12ClNV. The van der Waals surface area contributed by atoms with Gasteiger partial charge in [-0.15, -0.1) is 0 Å². The van der Waals surface area contributed by atoms with Crippen LogP contribution in [0.3, 0.4) is 0 Å². The van der Waals surface area contributed by atoms with Crippen molar-refractivity contribution in [2.45, 2.75) is 7.43 Å². The molecule has 1 nitrogen and oxygen atoms in total. The minimum absolute atomic E-state index is 0. The van der Waals surface area contributed by atoms with Crippen LogP contribution in [0.4, 0.5) is 0 Å². The quantitative estimate of drug-likeness (QED) is 0.275. The number of halogens is 1. The predicted molar refractivity (Wildman–Crippen MR) is 26.0 cm³/mol. The van der Waals surface area contributed by atoms with Crippen LogP contribution in [0.15, 0.2) is 0 Å². The smallest absolute Gasteiger partial charge is 0.131 e. The number of nitrogens with zero attached hydrogens (tertiary/aromatic N) is 1. The summed E-state index contributed by atoms with van der Waals surface area (Å²) >= 11 is 0. The Hall–Kier alpha value is 0.544. The number of rotatable bonds is 0. The third kappa shape index (κ3) is 456. The second kappa shape index (κ2) is 16.0. The van der Waals surface area contributed by atoms with Crippen molar-refractivity contribution in [3.63, 3.8) is 0 Å². The van der Waals surface area contributed by atoms with E-state index >= 15 is 0 Å². The third-order valence-electron chi connectivity index (χ3n) is 0. The van der Waals surface area contributed by atoms with E-state index in [1.54, 1.807) is 4.58 Å². The molecular weight excluding hydrogens is 148 g/mol. The van der Waals surface area contributed by atoms with Gasteiger partial charge in [0.25, 0.3) is 0 Å². The Bertz CT molecular complexity index is 34.7. The molecule has 0 saturated heterocycles. The van der Waals surface area contributed by atoms with Crippen LogP contribution in [0.25, 0.3) is 0 Å². The van der Waals surface area contributed by atoms with E-state index in [1.165, 1.54) is 0 Å². The van der Waals surface area contributed by atoms with Crippen LogP contribution < -0.4 is 12.4 Å². The van der Waals surface area contributed by atoms with Crippen LogP contribution in [-0.4, -0.2) is 25.4 Å². The molecule has 0 aromatic carbocycles. The molecule has 0 atom stereocenters. The number of hydrogen-bond acceptors (Lipinski definition) is 0. The second-order valence-corrected chi connectivity index (χ2v) is 1.08. The molecule has 0 saturated carbocycles. The van der Waals surface area contributed by atoms with Crippen molar-refractivity contribution in [3.05, 3.63) is 0 Å². The Kier molecular flexibility index (Phi) is 58.8. The van der Waals surface area contributed by atoms with E-state index in [-0.39, 0.29) is 38.4 Å². The van der Waals surface area contributed by atoms with E-state index in [9.17, 15) is 0 Å². The fourth-order valence-electron chi connectivity index (χ4n) is 0. The van der Waals surface area contributed by atoms with Gasteiger partial charge in [-0.1, -0.05) is 7.43 Å². The van der Waals surface area contributed by atoms with Gasteiger partial charge in [-0.25, -0.2) is 4.58 Å². The fraction of sp³-hybridized carbons (Fsp3) is 0.750. The summed E-state index contributed by atoms with van der Waals surface area (Å²) in [5.74, 6) is 0. The molecule has 0 rings (SSSR count). The molecule has 0 spiro atoms. The van der Waals surface area contributed by atoms with Crippen molar-refractivity contribution in [2.24, 2.45) is 0 Å². The van der Waals surface area contributed by atoms with E-state index in [1.807, 2.05) is 14.1 Å². The average molecular weight is 161 g/mol. The van der Waals surface area contributed by atoms with Gasteiger partial charge in [0, 0.05) is 18.6 Å². The number of hydrogen-bond donors (Lipinski definition) is 0. The second-order valence-electron chi connectivity index (χ2n) is 1.08. The van der Waals surface area contributed by atoms with Gasteiger partial charge in [0.2, 0.25) is 0 Å². The molecule has 3 heteroatoms. The van der Waals surface area contributed by atoms with E-state index in [0.717, 1.165) is 0 Å². The molecule has 45 valence electrons. The van der Waals surface area contributed by atoms with Gasteiger partial charge in [0.15, 0.2) is 0 Å². The summed E-state index contributed by atoms with van der Waals surface area (Å²) in [7, 11) is 3.78. The van der Waals surface area contributed by atoms with Gasteiger partial charge in [0.05, 0.1) is 0 Å². The zero-order valence-corrected chi connectivity index (χ0v) is 6.13. The maximum Gasteiger partial charge on any atom is 0.131 e. The molecule has 0 amide bonds. The summed E-state index contributed by atoms with van der Waals surface area (Å²) < 4.78 is 1.75. The van der Waals surface area contributed by atoms with Crippen molar-refractivity contribution < 1.29 is 35.5 Å². The summed E-state index contributed by atoms with van der Waals surface area (Å²) in [6, 6.07) is 0. The molecule has 1 radical (unpaired) electrons. The fourth-order valence-corrected chi connectivity index (χ4v) is 0. The van der Waals surface area contributed by atoms with Crippen LogP contribution in [0.2, 0.25) is 0 Å². The zero-order valence-electron chi connectivity index (χ0n) is 3.98. The Morgan fingerprint density at radius 2 is 1.29 bits per heavy atom. The molecule has 0 unspecified atom stereocenters. The summed E-state index contributed by atoms with van der Waals surface area (Å²) in [6.45, 7) is 3.47. The summed E-state index contributed by atoms with van der Waals surface area (Å²) in [5.41, 5.74) is 0. The molecule has 0 bridgehead atoms. The van der Waals surface area contributed by atoms with Gasteiger partial charge in [-0.3, -0.25) is 0 Å². The van der Waals surface area contributed by atoms with E-state index in [0.29, 0.717) is 0 Å². The predicted octanol–water partition coefficient (Wildman–Crippen LogP) is -2.40. The summed E-state index contributed by atoms with van der Waals surface area (Å²) in [5, 5.41) is 0. The SMILES string of the molecule is C.C=[N+](C)C.[Cl-].[V]. The maximum absolute atomic E-state index is 3.47. The zero-order chi connectivity index (χ0) is 3.58. The molecule has 0 aliphatic carbocycles. The van der Waals surface area contributed by atoms with Gasteiger partial charge in [-0.05, 0) is 0 Å². The molecule has 0 aromatic rings. The first-order valence-corrected chi connectivity index (χ1v) is 1.21. The first-order chi connectivity index (χ1) is 1.73. The molecule has 0 N–H and O–H groups in total. The van der Waals surface area contributed by atoms with Gasteiger partial charge >= 0.3 is 0 Å². The topological polar surface area (TPSA) is 3.01 Å². The first kappa shape index (κ1) is 25.7. The van der Waals surface area contributed by atoms with Crippen molar-refractivity contribution >= 4 is 6.72 Å². The Balaban J connectivity index is -0.0000000150. The van der Waals surface area contributed by atoms with Crippen LogP contribution in [-0.2, 0) is 18.6 Å². The van der Waals surface area contributed by atoms with E-state index < -0.39 is 0 Å². The van der Waals surface area contributed by atoms with Gasteiger partial charge < -0.3 is 12.4 Å². The Morgan fingerprint density at radius 1 is 1.29 bits per heavy atom. The van der Waals surface area contributed by atoms with Crippen LogP contribution >= 0.6 is 0 Å². The molecule has 0 fully saturated rings. The summed E-state index contributed by atoms with van der Waals surface area (Å²) in [6.07, 6.45) is 0. The van der Waals surface area contributed by atoms with Crippen LogP contribution in [0.5, 0.6) is 0 Å². The minimum atomic E-state index is 0. The van der Waals surface area contributed by atoms with Crippen molar-refractivity contribution in [2.75, 3.05) is 14.1 Å². The van der Waals surface area contributed by atoms with E-state index in [2.05, 4.69) is 6.72 Å². The van der Waals surface area contributed by atoms with Crippen molar-refractivity contribution in [1.82, 2.24) is 0 Å². The standard InChI is InChI=1S/C3H8N.CH4.ClH.V/c1-4(2)3;;;/h1H2,2-3H3;1H4;1H;/q+1;;;/p-1. The third-order valence-corrected chi connectivity index (χ3v) is 0. The summed E-state index contributed by atoms with van der Waals surface area (Å²) in [4.78, 5) is 0. The first-order valence-electron chi connectivity index (χ1n) is 1.21. The van der Waals surface area contributed by atoms with Crippen molar-refractivity contribution in [1.29, 1.82) is 0 Å². The largest absolute Gasteiger partial charge is 1.00 e. The maximum atomic E-state index is 3.47. The molecule has 7 heavy (non-hydrogen) atoms. The monoisotopic (exact) mass is 160 g/mol. The van der Waals surface area contributed by atoms with Crippen LogP contribution in [0, 0.1) is 0 Å².